The minimum Gasteiger partial charge on any atom is -0.548 e. The van der Waals surface area contributed by atoms with Crippen molar-refractivity contribution in [2.75, 3.05) is 6.61 Å². The van der Waals surface area contributed by atoms with Crippen molar-refractivity contribution >= 4 is 22.8 Å². The van der Waals surface area contributed by atoms with Crippen LogP contribution < -0.4 is 20.8 Å². The molecule has 0 radical (unpaired) electrons. The number of benzene rings is 1. The van der Waals surface area contributed by atoms with Gasteiger partial charge in [-0.1, -0.05) is 26.7 Å². The van der Waals surface area contributed by atoms with Crippen molar-refractivity contribution in [1.29, 1.82) is 0 Å². The lowest BCUT2D eigenvalue weighted by atomic mass is 10.1. The van der Waals surface area contributed by atoms with Crippen molar-refractivity contribution in [3.63, 3.8) is 0 Å². The highest BCUT2D eigenvalue weighted by molar-refractivity contribution is 5.84. The molecule has 1 aromatic carbocycles. The van der Waals surface area contributed by atoms with E-state index in [0.29, 0.717) is 17.8 Å². The summed E-state index contributed by atoms with van der Waals surface area (Å²) in [5.41, 5.74) is 0.851. The number of carbonyl (C=O) groups excluding carboxylic acids is 2. The van der Waals surface area contributed by atoms with E-state index >= 15 is 0 Å². The lowest BCUT2D eigenvalue weighted by Crippen LogP contribution is -2.49. The number of rotatable bonds is 9. The highest BCUT2D eigenvalue weighted by atomic mass is 16.5. The van der Waals surface area contributed by atoms with Crippen molar-refractivity contribution in [2.45, 2.75) is 45.6 Å². The Morgan fingerprint density at radius 2 is 2.00 bits per heavy atom. The molecular weight excluding hydrogens is 338 g/mol. The van der Waals surface area contributed by atoms with Gasteiger partial charge in [-0.15, -0.1) is 0 Å². The average Bonchev–Trinajstić information content (AvgIpc) is 2.59. The topological polar surface area (TPSA) is 109 Å². The second kappa shape index (κ2) is 9.03. The highest BCUT2D eigenvalue weighted by Crippen LogP contribution is 2.23. The molecule has 7 nitrogen and oxygen atoms in total. The summed E-state index contributed by atoms with van der Waals surface area (Å²) >= 11 is 0. The van der Waals surface area contributed by atoms with Crippen LogP contribution in [0.1, 0.15) is 38.7 Å². The van der Waals surface area contributed by atoms with Gasteiger partial charge in [0.25, 0.3) is 5.91 Å². The minimum absolute atomic E-state index is 0.287. The molecule has 1 amide bonds. The van der Waals surface area contributed by atoms with Gasteiger partial charge in [-0.25, -0.2) is 4.79 Å². The zero-order valence-corrected chi connectivity index (χ0v) is 14.9. The molecule has 0 aliphatic heterocycles. The van der Waals surface area contributed by atoms with Gasteiger partial charge in [-0.05, 0) is 30.5 Å². The zero-order chi connectivity index (χ0) is 19.1. The largest absolute Gasteiger partial charge is 0.548 e. The molecule has 0 fully saturated rings. The summed E-state index contributed by atoms with van der Waals surface area (Å²) in [5.74, 6) is -1.53. The predicted molar refractivity (Wildman–Crippen MR) is 93.8 cm³/mol. The first-order valence-electron chi connectivity index (χ1n) is 8.64. The normalized spacial score (nSPS) is 11.9. The number of carbonyl (C=O) groups is 2. The molecule has 1 N–H and O–H groups in total. The van der Waals surface area contributed by atoms with Gasteiger partial charge in [0.15, 0.2) is 6.61 Å². The molecule has 1 atom stereocenters. The molecule has 140 valence electrons. The van der Waals surface area contributed by atoms with E-state index < -0.39 is 23.5 Å². The van der Waals surface area contributed by atoms with Crippen LogP contribution in [0.2, 0.25) is 0 Å². The minimum atomic E-state index is -1.32. The Labute approximate surface area is 151 Å². The first-order chi connectivity index (χ1) is 12.4. The van der Waals surface area contributed by atoms with E-state index in [0.717, 1.165) is 23.8 Å². The Bertz CT molecular complexity index is 842. The van der Waals surface area contributed by atoms with Crippen LogP contribution in [0.4, 0.5) is 0 Å². The van der Waals surface area contributed by atoms with Gasteiger partial charge < -0.3 is 24.4 Å². The maximum absolute atomic E-state index is 11.9. The third-order valence-electron chi connectivity index (χ3n) is 3.89. The summed E-state index contributed by atoms with van der Waals surface area (Å²) in [4.78, 5) is 34.5. The number of fused-ring (bicyclic) bond motifs is 1. The molecule has 26 heavy (non-hydrogen) atoms. The Kier molecular flexibility index (Phi) is 6.77. The van der Waals surface area contributed by atoms with E-state index in [4.69, 9.17) is 9.15 Å². The van der Waals surface area contributed by atoms with Crippen LogP contribution in [0.5, 0.6) is 5.75 Å². The van der Waals surface area contributed by atoms with Gasteiger partial charge in [-0.3, -0.25) is 4.79 Å². The molecule has 2 rings (SSSR count). The lowest BCUT2D eigenvalue weighted by Gasteiger charge is -2.19. The number of amides is 1. The Balaban J connectivity index is 2.08. The quantitative estimate of drug-likeness (QED) is 0.672. The van der Waals surface area contributed by atoms with Crippen LogP contribution in [-0.4, -0.2) is 24.5 Å². The fourth-order valence-electron chi connectivity index (χ4n) is 2.70. The zero-order valence-electron chi connectivity index (χ0n) is 14.9. The maximum Gasteiger partial charge on any atom is 0.336 e. The summed E-state index contributed by atoms with van der Waals surface area (Å²) in [7, 11) is 0. The fraction of sp³-hybridized carbons (Fsp3) is 0.421. The van der Waals surface area contributed by atoms with E-state index in [2.05, 4.69) is 5.32 Å². The SMILES string of the molecule is CCCc1cc(=O)oc2cc(OCC(=O)N[C@@H](CCC)C(=O)[O-])ccc12. The summed E-state index contributed by atoms with van der Waals surface area (Å²) in [6.07, 6.45) is 2.54. The number of carboxylic acid groups (broad SMARTS) is 1. The van der Waals surface area contributed by atoms with Gasteiger partial charge in [-0.2, -0.15) is 0 Å². The molecule has 0 unspecified atom stereocenters. The number of hydrogen-bond donors (Lipinski definition) is 1. The summed E-state index contributed by atoms with van der Waals surface area (Å²) < 4.78 is 10.6. The molecule has 0 aliphatic rings. The highest BCUT2D eigenvalue weighted by Gasteiger charge is 2.13. The van der Waals surface area contributed by atoms with E-state index in [1.807, 2.05) is 13.8 Å². The van der Waals surface area contributed by atoms with Crippen molar-refractivity contribution in [1.82, 2.24) is 5.32 Å². The average molecular weight is 360 g/mol. The molecule has 2 aromatic rings. The van der Waals surface area contributed by atoms with Crippen LogP contribution in [0, 0.1) is 0 Å². The van der Waals surface area contributed by atoms with E-state index in [-0.39, 0.29) is 13.0 Å². The third kappa shape index (κ3) is 5.08. The summed E-state index contributed by atoms with van der Waals surface area (Å²) in [6, 6.07) is 5.44. The number of aliphatic carboxylic acids is 1. The molecule has 0 bridgehead atoms. The van der Waals surface area contributed by atoms with Crippen LogP contribution >= 0.6 is 0 Å². The number of aryl methyl sites for hydroxylation is 1. The molecule has 0 saturated carbocycles. The molecular formula is C19H22NO6-. The van der Waals surface area contributed by atoms with E-state index in [9.17, 15) is 19.5 Å². The Morgan fingerprint density at radius 3 is 2.65 bits per heavy atom. The summed E-state index contributed by atoms with van der Waals surface area (Å²) in [6.45, 7) is 3.49. The second-order valence-corrected chi connectivity index (χ2v) is 6.02. The molecule has 0 aliphatic carbocycles. The van der Waals surface area contributed by atoms with Crippen molar-refractivity contribution in [2.24, 2.45) is 0 Å². The molecule has 0 spiro atoms. The first-order valence-corrected chi connectivity index (χ1v) is 8.64. The fourth-order valence-corrected chi connectivity index (χ4v) is 2.70. The van der Waals surface area contributed by atoms with Crippen molar-refractivity contribution in [3.8, 4) is 5.75 Å². The van der Waals surface area contributed by atoms with E-state index in [1.165, 1.54) is 6.07 Å². The number of carboxylic acids is 1. The molecule has 1 aromatic heterocycles. The first kappa shape index (κ1) is 19.5. The van der Waals surface area contributed by atoms with Crippen LogP contribution in [-0.2, 0) is 16.0 Å². The van der Waals surface area contributed by atoms with Gasteiger partial charge in [0, 0.05) is 17.5 Å². The smallest absolute Gasteiger partial charge is 0.336 e. The van der Waals surface area contributed by atoms with Crippen molar-refractivity contribution in [3.05, 3.63) is 40.2 Å². The predicted octanol–water partition coefficient (Wildman–Crippen LogP) is 1.16. The van der Waals surface area contributed by atoms with Gasteiger partial charge in [0.05, 0.1) is 12.0 Å². The van der Waals surface area contributed by atoms with Gasteiger partial charge in [0.1, 0.15) is 11.3 Å². The second-order valence-electron chi connectivity index (χ2n) is 6.02. The maximum atomic E-state index is 11.9. The third-order valence-corrected chi connectivity index (χ3v) is 3.89. The molecule has 1 heterocycles. The Morgan fingerprint density at radius 1 is 1.23 bits per heavy atom. The van der Waals surface area contributed by atoms with E-state index in [1.54, 1.807) is 18.2 Å². The van der Waals surface area contributed by atoms with Crippen LogP contribution in [0.3, 0.4) is 0 Å². The van der Waals surface area contributed by atoms with Crippen LogP contribution in [0.25, 0.3) is 11.0 Å². The number of hydrogen-bond acceptors (Lipinski definition) is 6. The van der Waals surface area contributed by atoms with Gasteiger partial charge >= 0.3 is 5.63 Å². The standard InChI is InChI=1S/C19H23NO6/c1-3-5-12-9-18(22)26-16-10-13(7-8-14(12)16)25-11-17(21)20-15(6-4-2)19(23)24/h7-10,15H,3-6,11H2,1-2H3,(H,20,21)(H,23,24)/p-1/t15-/m0/s1. The monoisotopic (exact) mass is 360 g/mol. The number of nitrogens with one attached hydrogen (secondary N) is 1. The molecule has 7 heteroatoms. The van der Waals surface area contributed by atoms with Gasteiger partial charge in [0.2, 0.25) is 0 Å². The number of ether oxygens (including phenoxy) is 1. The van der Waals surface area contributed by atoms with Crippen molar-refractivity contribution < 1.29 is 23.8 Å². The Hall–Kier alpha value is -2.83. The summed E-state index contributed by atoms with van der Waals surface area (Å²) in [5, 5.41) is 14.1. The lowest BCUT2D eigenvalue weighted by molar-refractivity contribution is -0.308. The van der Waals surface area contributed by atoms with Crippen LogP contribution in [0.15, 0.2) is 33.5 Å². The molecule has 0 saturated heterocycles.